The lowest BCUT2D eigenvalue weighted by molar-refractivity contribution is -0.129. The van der Waals surface area contributed by atoms with Crippen molar-refractivity contribution in [3.05, 3.63) is 36.2 Å². The summed E-state index contributed by atoms with van der Waals surface area (Å²) in [6.45, 7) is 1.97. The van der Waals surface area contributed by atoms with Gasteiger partial charge in [-0.2, -0.15) is 0 Å². The third-order valence-corrected chi connectivity index (χ3v) is 5.67. The van der Waals surface area contributed by atoms with Crippen LogP contribution in [0.15, 0.2) is 35.7 Å². The summed E-state index contributed by atoms with van der Waals surface area (Å²) in [5.41, 5.74) is 1.12. The molecule has 1 amide bonds. The van der Waals surface area contributed by atoms with Crippen molar-refractivity contribution in [3.8, 4) is 11.5 Å². The maximum Gasteiger partial charge on any atom is 0.233 e. The number of likely N-dealkylation sites (tertiary alicyclic amines) is 1. The van der Waals surface area contributed by atoms with Crippen LogP contribution in [0.5, 0.6) is 11.5 Å². The van der Waals surface area contributed by atoms with Gasteiger partial charge in [-0.05, 0) is 30.5 Å². The fraction of sp³-hybridized carbons (Fsp3) is 0.444. The van der Waals surface area contributed by atoms with Crippen LogP contribution in [0.3, 0.4) is 0 Å². The van der Waals surface area contributed by atoms with E-state index in [2.05, 4.69) is 11.1 Å². The normalized spacial score (nSPS) is 19.2. The van der Waals surface area contributed by atoms with Crippen molar-refractivity contribution in [2.45, 2.75) is 24.0 Å². The number of hydrogen-bond donors (Lipinski definition) is 0. The standard InChI is InChI=1S/C18H21N3O3S/c1-20-8-6-19-18(20)25-12-17(22)21-7-2-3-14(21)13-4-5-15-16(11-13)24-10-9-23-15/h4-6,8,11,14H,2-3,7,9-10,12H2,1H3. The van der Waals surface area contributed by atoms with Crippen LogP contribution in [0, 0.1) is 0 Å². The first-order valence-corrected chi connectivity index (χ1v) is 9.50. The number of carbonyl (C=O) groups is 1. The van der Waals surface area contributed by atoms with Crippen molar-refractivity contribution >= 4 is 17.7 Å². The minimum atomic E-state index is 0.116. The third kappa shape index (κ3) is 3.33. The molecule has 2 aliphatic rings. The fourth-order valence-electron chi connectivity index (χ4n) is 3.38. The van der Waals surface area contributed by atoms with Gasteiger partial charge < -0.3 is 18.9 Å². The molecular weight excluding hydrogens is 338 g/mol. The number of hydrogen-bond acceptors (Lipinski definition) is 5. The molecule has 2 aliphatic heterocycles. The van der Waals surface area contributed by atoms with Gasteiger partial charge in [0, 0.05) is 26.0 Å². The Hall–Kier alpha value is -2.15. The van der Waals surface area contributed by atoms with Crippen molar-refractivity contribution in [1.82, 2.24) is 14.5 Å². The molecule has 25 heavy (non-hydrogen) atoms. The van der Waals surface area contributed by atoms with E-state index in [0.717, 1.165) is 41.6 Å². The molecule has 2 aromatic rings. The monoisotopic (exact) mass is 359 g/mol. The van der Waals surface area contributed by atoms with Gasteiger partial charge in [-0.25, -0.2) is 4.98 Å². The Morgan fingerprint density at radius 2 is 2.16 bits per heavy atom. The molecule has 0 radical (unpaired) electrons. The molecule has 3 heterocycles. The molecule has 0 aliphatic carbocycles. The molecule has 1 atom stereocenters. The summed E-state index contributed by atoms with van der Waals surface area (Å²) in [6.07, 6.45) is 5.65. The Morgan fingerprint density at radius 1 is 1.32 bits per heavy atom. The van der Waals surface area contributed by atoms with Crippen molar-refractivity contribution in [2.75, 3.05) is 25.5 Å². The molecule has 0 spiro atoms. The number of rotatable bonds is 4. The zero-order chi connectivity index (χ0) is 17.2. The van der Waals surface area contributed by atoms with Crippen LogP contribution in [0.25, 0.3) is 0 Å². The van der Waals surface area contributed by atoms with Gasteiger partial charge in [0.05, 0.1) is 11.8 Å². The molecule has 7 heteroatoms. The quantitative estimate of drug-likeness (QED) is 0.786. The van der Waals surface area contributed by atoms with Crippen LogP contribution in [0.2, 0.25) is 0 Å². The van der Waals surface area contributed by atoms with Crippen LogP contribution < -0.4 is 9.47 Å². The first-order valence-electron chi connectivity index (χ1n) is 8.51. The number of carbonyl (C=O) groups excluding carboxylic acids is 1. The summed E-state index contributed by atoms with van der Waals surface area (Å²) >= 11 is 1.48. The van der Waals surface area contributed by atoms with Crippen molar-refractivity contribution in [3.63, 3.8) is 0 Å². The number of nitrogens with zero attached hydrogens (tertiary/aromatic N) is 3. The van der Waals surface area contributed by atoms with Crippen LogP contribution >= 0.6 is 11.8 Å². The van der Waals surface area contributed by atoms with E-state index in [1.807, 2.05) is 34.8 Å². The number of amides is 1. The van der Waals surface area contributed by atoms with Gasteiger partial charge in [0.2, 0.25) is 5.91 Å². The Morgan fingerprint density at radius 3 is 2.96 bits per heavy atom. The average molecular weight is 359 g/mol. The van der Waals surface area contributed by atoms with E-state index < -0.39 is 0 Å². The number of ether oxygens (including phenoxy) is 2. The van der Waals surface area contributed by atoms with Crippen LogP contribution in [-0.2, 0) is 11.8 Å². The summed E-state index contributed by atoms with van der Waals surface area (Å²) in [4.78, 5) is 19.0. The molecule has 0 bridgehead atoms. The SMILES string of the molecule is Cn1ccnc1SCC(=O)N1CCCC1c1ccc2c(c1)OCCO2. The summed E-state index contributed by atoms with van der Waals surface area (Å²) in [6, 6.07) is 6.14. The van der Waals surface area contributed by atoms with Gasteiger partial charge in [0.25, 0.3) is 0 Å². The lowest BCUT2D eigenvalue weighted by Crippen LogP contribution is -2.32. The highest BCUT2D eigenvalue weighted by Gasteiger charge is 2.30. The van der Waals surface area contributed by atoms with Gasteiger partial charge in [0.15, 0.2) is 16.7 Å². The van der Waals surface area contributed by atoms with E-state index in [-0.39, 0.29) is 11.9 Å². The van der Waals surface area contributed by atoms with Gasteiger partial charge in [-0.3, -0.25) is 4.79 Å². The van der Waals surface area contributed by atoms with E-state index in [1.165, 1.54) is 11.8 Å². The second kappa shape index (κ2) is 7.00. The van der Waals surface area contributed by atoms with Gasteiger partial charge in [-0.15, -0.1) is 0 Å². The maximum atomic E-state index is 12.7. The molecule has 1 aromatic carbocycles. The number of thioether (sulfide) groups is 1. The fourth-order valence-corrected chi connectivity index (χ4v) is 4.20. The minimum Gasteiger partial charge on any atom is -0.486 e. The number of imidazole rings is 1. The van der Waals surface area contributed by atoms with Crippen LogP contribution in [0.1, 0.15) is 24.4 Å². The zero-order valence-corrected chi connectivity index (χ0v) is 15.0. The van der Waals surface area contributed by atoms with Gasteiger partial charge in [-0.1, -0.05) is 17.8 Å². The molecule has 132 valence electrons. The van der Waals surface area contributed by atoms with Crippen LogP contribution in [0.4, 0.5) is 0 Å². The van der Waals surface area contributed by atoms with E-state index in [0.29, 0.717) is 19.0 Å². The number of fused-ring (bicyclic) bond motifs is 1. The molecule has 6 nitrogen and oxygen atoms in total. The molecule has 1 aromatic heterocycles. The summed E-state index contributed by atoms with van der Waals surface area (Å²) < 4.78 is 13.2. The van der Waals surface area contributed by atoms with E-state index in [1.54, 1.807) is 6.20 Å². The summed E-state index contributed by atoms with van der Waals surface area (Å²) in [7, 11) is 1.94. The lowest BCUT2D eigenvalue weighted by atomic mass is 10.0. The Bertz CT molecular complexity index is 777. The summed E-state index contributed by atoms with van der Waals surface area (Å²) in [5, 5.41) is 0.864. The van der Waals surface area contributed by atoms with Crippen LogP contribution in [-0.4, -0.2) is 45.9 Å². The third-order valence-electron chi connectivity index (χ3n) is 4.63. The predicted molar refractivity (Wildman–Crippen MR) is 95.1 cm³/mol. The highest BCUT2D eigenvalue weighted by atomic mass is 32.2. The highest BCUT2D eigenvalue weighted by Crippen LogP contribution is 2.38. The molecule has 0 saturated carbocycles. The number of aryl methyl sites for hydroxylation is 1. The first kappa shape index (κ1) is 16.3. The Labute approximate surface area is 151 Å². The molecule has 4 rings (SSSR count). The lowest BCUT2D eigenvalue weighted by Gasteiger charge is -2.26. The minimum absolute atomic E-state index is 0.116. The van der Waals surface area contributed by atoms with Crippen molar-refractivity contribution < 1.29 is 14.3 Å². The largest absolute Gasteiger partial charge is 0.486 e. The first-order chi connectivity index (χ1) is 12.2. The maximum absolute atomic E-state index is 12.7. The number of aromatic nitrogens is 2. The molecule has 1 unspecified atom stereocenters. The van der Waals surface area contributed by atoms with E-state index >= 15 is 0 Å². The Kier molecular flexibility index (Phi) is 4.57. The van der Waals surface area contributed by atoms with Gasteiger partial charge in [0.1, 0.15) is 13.2 Å². The molecule has 1 saturated heterocycles. The van der Waals surface area contributed by atoms with E-state index in [9.17, 15) is 4.79 Å². The smallest absolute Gasteiger partial charge is 0.233 e. The zero-order valence-electron chi connectivity index (χ0n) is 14.2. The molecule has 1 fully saturated rings. The summed E-state index contributed by atoms with van der Waals surface area (Å²) in [5.74, 6) is 2.14. The van der Waals surface area contributed by atoms with Crippen molar-refractivity contribution in [1.29, 1.82) is 0 Å². The number of benzene rings is 1. The highest BCUT2D eigenvalue weighted by molar-refractivity contribution is 7.99. The Balaban J connectivity index is 1.46. The van der Waals surface area contributed by atoms with Gasteiger partial charge >= 0.3 is 0 Å². The molecule has 0 N–H and O–H groups in total. The average Bonchev–Trinajstić information content (AvgIpc) is 3.28. The predicted octanol–water partition coefficient (Wildman–Crippen LogP) is 2.65. The second-order valence-electron chi connectivity index (χ2n) is 6.26. The second-order valence-corrected chi connectivity index (χ2v) is 7.20. The van der Waals surface area contributed by atoms with Crippen molar-refractivity contribution in [2.24, 2.45) is 7.05 Å². The molecular formula is C18H21N3O3S. The van der Waals surface area contributed by atoms with E-state index in [4.69, 9.17) is 9.47 Å². The topological polar surface area (TPSA) is 56.6 Å².